The van der Waals surface area contributed by atoms with Crippen LogP contribution in [0.15, 0.2) is 64.3 Å². The van der Waals surface area contributed by atoms with Gasteiger partial charge in [0.1, 0.15) is 0 Å². The van der Waals surface area contributed by atoms with E-state index in [1.807, 2.05) is 0 Å². The van der Waals surface area contributed by atoms with Gasteiger partial charge in [-0.3, -0.25) is 9.59 Å². The average molecular weight is 268 g/mol. The molecule has 0 saturated heterocycles. The molecule has 1 N–H and O–H groups in total. The largest absolute Gasteiger partial charge is 0.385 e. The van der Waals surface area contributed by atoms with Crippen molar-refractivity contribution in [1.82, 2.24) is 9.67 Å². The molecule has 0 unspecified atom stereocenters. The van der Waals surface area contributed by atoms with Gasteiger partial charge >= 0.3 is 16.8 Å². The minimum atomic E-state index is -0.771. The third kappa shape index (κ3) is 1.83. The Kier molecular flexibility index (Phi) is 2.76. The number of fused-ring (bicyclic) bond motifs is 1. The monoisotopic (exact) mass is 268 g/mol. The van der Waals surface area contributed by atoms with Gasteiger partial charge in [-0.1, -0.05) is 22.7 Å². The number of hydrogen-bond acceptors (Lipinski definition) is 3. The smallest absolute Gasteiger partial charge is 0.268 e. The lowest BCUT2D eigenvalue weighted by atomic mass is 10.2. The van der Waals surface area contributed by atoms with Crippen LogP contribution in [0.2, 0.25) is 0 Å². The molecule has 3 aromatic rings. The fraction of sp³-hybridized carbons (Fsp3) is 0. The fourth-order valence-corrected chi connectivity index (χ4v) is 1.97. The summed E-state index contributed by atoms with van der Waals surface area (Å²) in [4.78, 5) is 36.5. The van der Waals surface area contributed by atoms with Gasteiger partial charge in [-0.2, -0.15) is 4.57 Å². The van der Waals surface area contributed by atoms with E-state index in [0.29, 0.717) is 4.57 Å². The predicted octanol–water partition coefficient (Wildman–Crippen LogP) is -0.0362. The lowest BCUT2D eigenvalue weighted by Crippen LogP contribution is -2.49. The molecule has 0 aliphatic heterocycles. The van der Waals surface area contributed by atoms with E-state index < -0.39 is 17.2 Å². The van der Waals surface area contributed by atoms with Crippen molar-refractivity contribution in [3.05, 3.63) is 81.1 Å². The Morgan fingerprint density at radius 1 is 1.00 bits per heavy atom. The molecule has 0 spiro atoms. The number of carbonyl (C=O) groups is 1. The van der Waals surface area contributed by atoms with Crippen molar-refractivity contribution in [3.8, 4) is 0 Å². The summed E-state index contributed by atoms with van der Waals surface area (Å²) in [6, 6.07) is 13.1. The summed E-state index contributed by atoms with van der Waals surface area (Å²) in [6.45, 7) is 0. The Bertz CT molecular complexity index is 910. The van der Waals surface area contributed by atoms with Crippen LogP contribution in [0, 0.1) is 0 Å². The van der Waals surface area contributed by atoms with Gasteiger partial charge < -0.3 is 0 Å². The molecule has 0 aliphatic rings. The standard InChI is InChI=1S/C14H9N3O3/c18-12(10-6-2-1-3-7-10)17-13(19)11-8-4-5-9-16(11)15-14(17)20/h1-9H/p+1. The second-order valence-electron chi connectivity index (χ2n) is 4.18. The maximum atomic E-state index is 12.3. The van der Waals surface area contributed by atoms with Crippen molar-refractivity contribution in [1.29, 1.82) is 0 Å². The van der Waals surface area contributed by atoms with Crippen molar-refractivity contribution in [2.75, 3.05) is 0 Å². The quantitative estimate of drug-likeness (QED) is 0.629. The number of pyridine rings is 1. The third-order valence-corrected chi connectivity index (χ3v) is 2.93. The Morgan fingerprint density at radius 2 is 1.70 bits per heavy atom. The Balaban J connectivity index is 2.30. The normalized spacial score (nSPS) is 10.6. The summed E-state index contributed by atoms with van der Waals surface area (Å²) < 4.78 is 1.89. The summed E-state index contributed by atoms with van der Waals surface area (Å²) in [6.07, 6.45) is 1.54. The Morgan fingerprint density at radius 3 is 2.45 bits per heavy atom. The lowest BCUT2D eigenvalue weighted by molar-refractivity contribution is -0.584. The highest BCUT2D eigenvalue weighted by Gasteiger charge is 2.19. The molecule has 0 saturated carbocycles. The van der Waals surface area contributed by atoms with Gasteiger partial charge in [0.2, 0.25) is 6.20 Å². The molecule has 20 heavy (non-hydrogen) atoms. The number of rotatable bonds is 1. The molecule has 0 radical (unpaired) electrons. The summed E-state index contributed by atoms with van der Waals surface area (Å²) in [5, 5.41) is 2.45. The van der Waals surface area contributed by atoms with Crippen molar-refractivity contribution in [2.24, 2.45) is 0 Å². The molecule has 0 aliphatic carbocycles. The number of aromatic nitrogens is 3. The molecule has 6 nitrogen and oxygen atoms in total. The van der Waals surface area contributed by atoms with Gasteiger partial charge in [-0.15, -0.1) is 5.10 Å². The second-order valence-corrected chi connectivity index (χ2v) is 4.18. The molecular weight excluding hydrogens is 258 g/mol. The van der Waals surface area contributed by atoms with Crippen molar-refractivity contribution in [2.45, 2.75) is 0 Å². The van der Waals surface area contributed by atoms with Crippen molar-refractivity contribution < 1.29 is 9.31 Å². The number of nitrogens with zero attached hydrogens (tertiary/aromatic N) is 2. The highest BCUT2D eigenvalue weighted by atomic mass is 16.2. The molecular formula is C14H10N3O3+. The maximum absolute atomic E-state index is 12.3. The van der Waals surface area contributed by atoms with Crippen LogP contribution in [0.5, 0.6) is 0 Å². The first kappa shape index (κ1) is 12.0. The van der Waals surface area contributed by atoms with E-state index in [0.717, 1.165) is 0 Å². The zero-order valence-electron chi connectivity index (χ0n) is 10.3. The lowest BCUT2D eigenvalue weighted by Gasteiger charge is -2.01. The number of hydrogen-bond donors (Lipinski definition) is 1. The fourth-order valence-electron chi connectivity index (χ4n) is 1.97. The van der Waals surface area contributed by atoms with Gasteiger partial charge in [0.15, 0.2) is 0 Å². The van der Waals surface area contributed by atoms with E-state index in [-0.39, 0.29) is 11.1 Å². The number of H-pyrrole nitrogens is 1. The van der Waals surface area contributed by atoms with Gasteiger partial charge in [0.25, 0.3) is 5.91 Å². The molecule has 6 heteroatoms. The van der Waals surface area contributed by atoms with Crippen molar-refractivity contribution in [3.63, 3.8) is 0 Å². The summed E-state index contributed by atoms with van der Waals surface area (Å²) in [5.74, 6) is -0.650. The summed E-state index contributed by atoms with van der Waals surface area (Å²) in [5.41, 5.74) is -0.924. The minimum Gasteiger partial charge on any atom is -0.268 e. The van der Waals surface area contributed by atoms with Gasteiger partial charge in [0, 0.05) is 17.7 Å². The number of carbonyl (C=O) groups excluding carboxylic acids is 1. The molecule has 3 rings (SSSR count). The first-order valence-electron chi connectivity index (χ1n) is 5.94. The van der Waals surface area contributed by atoms with Crippen LogP contribution in [-0.4, -0.2) is 15.6 Å². The average Bonchev–Trinajstić information content (AvgIpc) is 2.48. The first-order chi connectivity index (χ1) is 9.68. The van der Waals surface area contributed by atoms with Crippen molar-refractivity contribution >= 4 is 11.4 Å². The molecule has 98 valence electrons. The molecule has 2 aromatic heterocycles. The van der Waals surface area contributed by atoms with Gasteiger partial charge in [0.05, 0.1) is 0 Å². The molecule has 1 aromatic carbocycles. The second kappa shape index (κ2) is 4.58. The van der Waals surface area contributed by atoms with Gasteiger partial charge in [-0.05, 0) is 18.2 Å². The SMILES string of the molecule is O=C(c1ccccc1)n1c(=O)[nH][n+]2ccccc2c1=O. The third-order valence-electron chi connectivity index (χ3n) is 2.93. The zero-order chi connectivity index (χ0) is 14.1. The van der Waals surface area contributed by atoms with Gasteiger partial charge in [-0.25, -0.2) is 4.79 Å². The van der Waals surface area contributed by atoms with E-state index in [2.05, 4.69) is 5.10 Å². The van der Waals surface area contributed by atoms with Crippen LogP contribution in [0.1, 0.15) is 10.4 Å². The van der Waals surface area contributed by atoms with Crippen LogP contribution in [-0.2, 0) is 0 Å². The topological polar surface area (TPSA) is 76.0 Å². The Labute approximate surface area is 112 Å². The van der Waals surface area contributed by atoms with E-state index in [9.17, 15) is 14.4 Å². The summed E-state index contributed by atoms with van der Waals surface area (Å²) >= 11 is 0. The zero-order valence-corrected chi connectivity index (χ0v) is 10.3. The van der Waals surface area contributed by atoms with Crippen LogP contribution < -0.4 is 15.8 Å². The first-order valence-corrected chi connectivity index (χ1v) is 5.94. The Hall–Kier alpha value is -3.02. The van der Waals surface area contributed by atoms with E-state index in [1.54, 1.807) is 42.5 Å². The molecule has 0 fully saturated rings. The molecule has 2 heterocycles. The minimum absolute atomic E-state index is 0.219. The van der Waals surface area contributed by atoms with E-state index in [1.165, 1.54) is 16.8 Å². The summed E-state index contributed by atoms with van der Waals surface area (Å²) in [7, 11) is 0. The highest BCUT2D eigenvalue weighted by molar-refractivity contribution is 5.95. The van der Waals surface area contributed by atoms with Crippen LogP contribution in [0.25, 0.3) is 5.52 Å². The number of benzene rings is 1. The molecule has 0 amide bonds. The maximum Gasteiger partial charge on any atom is 0.385 e. The predicted molar refractivity (Wildman–Crippen MR) is 70.7 cm³/mol. The molecule has 0 atom stereocenters. The molecule has 0 bridgehead atoms. The van der Waals surface area contributed by atoms with Crippen LogP contribution in [0.4, 0.5) is 0 Å². The van der Waals surface area contributed by atoms with E-state index >= 15 is 0 Å². The number of nitrogens with one attached hydrogen (secondary N) is 1. The van der Waals surface area contributed by atoms with E-state index in [4.69, 9.17) is 0 Å². The number of aromatic amines is 1. The highest BCUT2D eigenvalue weighted by Crippen LogP contribution is 1.99. The van der Waals surface area contributed by atoms with Crippen LogP contribution in [0.3, 0.4) is 0 Å². The van der Waals surface area contributed by atoms with Crippen LogP contribution >= 0.6 is 0 Å².